The van der Waals surface area contributed by atoms with Gasteiger partial charge in [-0.15, -0.1) is 0 Å². The molecule has 1 aliphatic carbocycles. The van der Waals surface area contributed by atoms with Gasteiger partial charge >= 0.3 is 12.1 Å². The number of nitrogens with one attached hydrogen (secondary N) is 2. The molecule has 0 radical (unpaired) electrons. The summed E-state index contributed by atoms with van der Waals surface area (Å²) in [6.07, 6.45) is 0.0745. The van der Waals surface area contributed by atoms with E-state index >= 15 is 0 Å². The second kappa shape index (κ2) is 11.8. The first-order chi connectivity index (χ1) is 16.8. The molecular weight excluding hydrogens is 448 g/mol. The van der Waals surface area contributed by atoms with Gasteiger partial charge in [-0.25, -0.2) is 4.79 Å². The Morgan fingerprint density at radius 3 is 2.20 bits per heavy atom. The minimum absolute atomic E-state index is 0.0248. The summed E-state index contributed by atoms with van der Waals surface area (Å²) >= 11 is 0. The first-order valence-electron chi connectivity index (χ1n) is 11.9. The fourth-order valence-corrected chi connectivity index (χ4v) is 4.49. The summed E-state index contributed by atoms with van der Waals surface area (Å²) in [7, 11) is 1.46. The van der Waals surface area contributed by atoms with Crippen molar-refractivity contribution in [3.63, 3.8) is 0 Å². The average molecular weight is 483 g/mol. The van der Waals surface area contributed by atoms with Crippen LogP contribution in [0.3, 0.4) is 0 Å². The quantitative estimate of drug-likeness (QED) is 0.422. The normalized spacial score (nSPS) is 14.8. The molecule has 2 aromatic rings. The lowest BCUT2D eigenvalue weighted by Crippen LogP contribution is -2.61. The van der Waals surface area contributed by atoms with Crippen molar-refractivity contribution < 1.29 is 29.0 Å². The first kappa shape index (κ1) is 26.2. The van der Waals surface area contributed by atoms with Gasteiger partial charge in [0.2, 0.25) is 5.91 Å². The Labute approximate surface area is 206 Å². The topological polar surface area (TPSA) is 114 Å². The summed E-state index contributed by atoms with van der Waals surface area (Å²) in [6, 6.07) is 16.1. The summed E-state index contributed by atoms with van der Waals surface area (Å²) in [4.78, 5) is 36.7. The van der Waals surface area contributed by atoms with Crippen LogP contribution >= 0.6 is 0 Å². The number of alkyl carbamates (subject to hydrolysis) is 1. The Kier molecular flexibility index (Phi) is 8.87. The number of fused-ring (bicyclic) bond motifs is 3. The summed E-state index contributed by atoms with van der Waals surface area (Å²) in [5.74, 6) is -1.38. The number of carbonyl (C=O) groups excluding carboxylic acids is 2. The van der Waals surface area contributed by atoms with Gasteiger partial charge in [0, 0.05) is 26.0 Å². The number of carboxylic acid groups (broad SMARTS) is 1. The summed E-state index contributed by atoms with van der Waals surface area (Å²) in [6.45, 7) is 4.07. The van der Waals surface area contributed by atoms with Crippen LogP contribution < -0.4 is 10.6 Å². The Hall–Kier alpha value is -3.39. The number of rotatable bonds is 12. The maximum atomic E-state index is 13.1. The van der Waals surface area contributed by atoms with Crippen molar-refractivity contribution in [2.75, 3.05) is 26.9 Å². The second-order valence-electron chi connectivity index (χ2n) is 9.07. The Balaban J connectivity index is 1.64. The SMILES string of the molecule is CCC(COC)(NC(=O)OCC1c2ccccc2-c2ccccc21)C(=O)NCC(C)CCC(=O)O. The lowest BCUT2D eigenvalue weighted by molar-refractivity contribution is -0.137. The third-order valence-corrected chi connectivity index (χ3v) is 6.58. The molecule has 8 nitrogen and oxygen atoms in total. The molecule has 2 unspecified atom stereocenters. The molecular formula is C27H34N2O6. The monoisotopic (exact) mass is 482 g/mol. The molecule has 0 spiro atoms. The molecule has 188 valence electrons. The van der Waals surface area contributed by atoms with Gasteiger partial charge in [0.15, 0.2) is 0 Å². The number of ether oxygens (including phenoxy) is 2. The van der Waals surface area contributed by atoms with E-state index in [1.807, 2.05) is 43.3 Å². The van der Waals surface area contributed by atoms with E-state index in [1.54, 1.807) is 6.92 Å². The summed E-state index contributed by atoms with van der Waals surface area (Å²) in [5.41, 5.74) is 3.18. The van der Waals surface area contributed by atoms with Gasteiger partial charge in [-0.2, -0.15) is 0 Å². The maximum Gasteiger partial charge on any atom is 0.408 e. The molecule has 2 amide bonds. The molecule has 0 heterocycles. The molecule has 0 bridgehead atoms. The van der Waals surface area contributed by atoms with E-state index < -0.39 is 23.5 Å². The van der Waals surface area contributed by atoms with Crippen LogP contribution in [-0.4, -0.2) is 55.5 Å². The van der Waals surface area contributed by atoms with Gasteiger partial charge in [-0.1, -0.05) is 62.4 Å². The van der Waals surface area contributed by atoms with Crippen molar-refractivity contribution in [3.05, 3.63) is 59.7 Å². The van der Waals surface area contributed by atoms with Crippen molar-refractivity contribution in [2.24, 2.45) is 5.92 Å². The van der Waals surface area contributed by atoms with Crippen LogP contribution in [0.2, 0.25) is 0 Å². The van der Waals surface area contributed by atoms with Crippen molar-refractivity contribution in [3.8, 4) is 11.1 Å². The molecule has 2 aromatic carbocycles. The van der Waals surface area contributed by atoms with Crippen LogP contribution in [0.4, 0.5) is 4.79 Å². The largest absolute Gasteiger partial charge is 0.481 e. The summed E-state index contributed by atoms with van der Waals surface area (Å²) < 4.78 is 10.9. The van der Waals surface area contributed by atoms with Crippen molar-refractivity contribution in [1.29, 1.82) is 0 Å². The van der Waals surface area contributed by atoms with Crippen LogP contribution in [0, 0.1) is 5.92 Å². The third kappa shape index (κ3) is 6.19. The van der Waals surface area contributed by atoms with Crippen LogP contribution in [0.1, 0.15) is 50.2 Å². The van der Waals surface area contributed by atoms with Crippen molar-refractivity contribution in [1.82, 2.24) is 10.6 Å². The highest BCUT2D eigenvalue weighted by Gasteiger charge is 2.39. The zero-order chi connectivity index (χ0) is 25.4. The predicted octanol–water partition coefficient (Wildman–Crippen LogP) is 3.94. The van der Waals surface area contributed by atoms with Gasteiger partial charge in [0.1, 0.15) is 12.1 Å². The molecule has 0 saturated heterocycles. The molecule has 2 atom stereocenters. The van der Waals surface area contributed by atoms with Gasteiger partial charge in [-0.05, 0) is 41.0 Å². The highest BCUT2D eigenvalue weighted by atomic mass is 16.5. The van der Waals surface area contributed by atoms with Gasteiger partial charge in [-0.3, -0.25) is 9.59 Å². The standard InChI is InChI=1S/C27H34N2O6/c1-4-27(17-34-3,25(32)28-15-18(2)13-14-24(30)31)29-26(33)35-16-23-21-11-7-5-9-19(21)20-10-6-8-12-22(20)23/h5-12,18,23H,4,13-17H2,1-3H3,(H,28,32)(H,29,33)(H,30,31). The van der Waals surface area contributed by atoms with E-state index in [-0.39, 0.29) is 31.5 Å². The van der Waals surface area contributed by atoms with Crippen LogP contribution in [-0.2, 0) is 19.1 Å². The number of aliphatic carboxylic acids is 1. The fraction of sp³-hybridized carbons (Fsp3) is 0.444. The number of hydrogen-bond donors (Lipinski definition) is 3. The zero-order valence-corrected chi connectivity index (χ0v) is 20.5. The van der Waals surface area contributed by atoms with E-state index in [1.165, 1.54) is 7.11 Å². The minimum atomic E-state index is -1.30. The second-order valence-corrected chi connectivity index (χ2v) is 9.07. The number of carboxylic acids is 1. The van der Waals surface area contributed by atoms with Crippen LogP contribution in [0.15, 0.2) is 48.5 Å². The molecule has 0 aromatic heterocycles. The Bertz CT molecular complexity index is 1010. The maximum absolute atomic E-state index is 13.1. The fourth-order valence-electron chi connectivity index (χ4n) is 4.49. The molecule has 35 heavy (non-hydrogen) atoms. The van der Waals surface area contributed by atoms with Crippen LogP contribution in [0.5, 0.6) is 0 Å². The first-order valence-corrected chi connectivity index (χ1v) is 11.9. The predicted molar refractivity (Wildman–Crippen MR) is 132 cm³/mol. The number of amides is 2. The number of hydrogen-bond acceptors (Lipinski definition) is 5. The van der Waals surface area contributed by atoms with E-state index in [4.69, 9.17) is 14.6 Å². The molecule has 3 rings (SSSR count). The highest BCUT2D eigenvalue weighted by molar-refractivity contribution is 5.90. The van der Waals surface area contributed by atoms with Gasteiger partial charge < -0.3 is 25.2 Å². The molecule has 8 heteroatoms. The molecule has 0 aliphatic heterocycles. The zero-order valence-electron chi connectivity index (χ0n) is 20.5. The number of carbonyl (C=O) groups is 3. The molecule has 0 saturated carbocycles. The molecule has 0 fully saturated rings. The lowest BCUT2D eigenvalue weighted by Gasteiger charge is -2.32. The minimum Gasteiger partial charge on any atom is -0.481 e. The Morgan fingerprint density at radius 1 is 1.06 bits per heavy atom. The highest BCUT2D eigenvalue weighted by Crippen LogP contribution is 2.44. The number of methoxy groups -OCH3 is 1. The van der Waals surface area contributed by atoms with E-state index in [0.29, 0.717) is 19.4 Å². The number of benzene rings is 2. The average Bonchev–Trinajstić information content (AvgIpc) is 3.18. The lowest BCUT2D eigenvalue weighted by atomic mass is 9.95. The molecule has 3 N–H and O–H groups in total. The van der Waals surface area contributed by atoms with Crippen molar-refractivity contribution in [2.45, 2.75) is 44.6 Å². The smallest absolute Gasteiger partial charge is 0.408 e. The Morgan fingerprint density at radius 2 is 1.66 bits per heavy atom. The van der Waals surface area contributed by atoms with E-state index in [9.17, 15) is 14.4 Å². The van der Waals surface area contributed by atoms with E-state index in [0.717, 1.165) is 22.3 Å². The molecule has 1 aliphatic rings. The third-order valence-electron chi connectivity index (χ3n) is 6.58. The van der Waals surface area contributed by atoms with Gasteiger partial charge in [0.05, 0.1) is 6.61 Å². The van der Waals surface area contributed by atoms with Crippen LogP contribution in [0.25, 0.3) is 11.1 Å². The van der Waals surface area contributed by atoms with E-state index in [2.05, 4.69) is 22.8 Å². The van der Waals surface area contributed by atoms with Crippen molar-refractivity contribution >= 4 is 18.0 Å². The summed E-state index contributed by atoms with van der Waals surface area (Å²) in [5, 5.41) is 14.4. The van der Waals surface area contributed by atoms with Gasteiger partial charge in [0.25, 0.3) is 0 Å².